The number of rotatable bonds is 3. The van der Waals surface area contributed by atoms with Gasteiger partial charge in [-0.2, -0.15) is 0 Å². The highest BCUT2D eigenvalue weighted by Gasteiger charge is 2.02. The Hall–Kier alpha value is -1.97. The van der Waals surface area contributed by atoms with Gasteiger partial charge in [0.1, 0.15) is 11.6 Å². The lowest BCUT2D eigenvalue weighted by molar-refractivity contribution is 0.908. The number of hydrogen-bond donors (Lipinski definition) is 1. The van der Waals surface area contributed by atoms with Crippen molar-refractivity contribution in [2.24, 2.45) is 0 Å². The molecular weight excluding hydrogens is 200 g/mol. The Morgan fingerprint density at radius 3 is 2.88 bits per heavy atom. The van der Waals surface area contributed by atoms with Gasteiger partial charge in [0.05, 0.1) is 0 Å². The highest BCUT2D eigenvalue weighted by Crippen LogP contribution is 2.08. The summed E-state index contributed by atoms with van der Waals surface area (Å²) in [5, 5.41) is 0. The molecule has 0 saturated carbocycles. The van der Waals surface area contributed by atoms with E-state index in [0.717, 1.165) is 23.5 Å². The molecule has 16 heavy (non-hydrogen) atoms. The molecule has 0 aliphatic heterocycles. The fourth-order valence-corrected chi connectivity index (χ4v) is 1.52. The molecule has 4 nitrogen and oxygen atoms in total. The van der Waals surface area contributed by atoms with E-state index in [1.54, 1.807) is 6.20 Å². The molecule has 0 amide bonds. The molecule has 0 saturated heterocycles. The first kappa shape index (κ1) is 10.5. The zero-order chi connectivity index (χ0) is 11.4. The van der Waals surface area contributed by atoms with Crippen molar-refractivity contribution in [3.63, 3.8) is 0 Å². The van der Waals surface area contributed by atoms with E-state index in [0.29, 0.717) is 12.2 Å². The van der Waals surface area contributed by atoms with Crippen LogP contribution >= 0.6 is 0 Å². The van der Waals surface area contributed by atoms with Crippen LogP contribution in [0, 0.1) is 0 Å². The maximum absolute atomic E-state index is 5.72. The largest absolute Gasteiger partial charge is 0.384 e. The van der Waals surface area contributed by atoms with E-state index in [9.17, 15) is 0 Å². The summed E-state index contributed by atoms with van der Waals surface area (Å²) in [6.07, 6.45) is 5.11. The van der Waals surface area contributed by atoms with E-state index in [2.05, 4.69) is 21.9 Å². The normalized spacial score (nSPS) is 10.3. The second-order valence-corrected chi connectivity index (χ2v) is 3.59. The second kappa shape index (κ2) is 4.70. The average Bonchev–Trinajstić information content (AvgIpc) is 2.29. The maximum Gasteiger partial charge on any atom is 0.135 e. The number of nitrogens with two attached hydrogens (primary N) is 1. The third-order valence-electron chi connectivity index (χ3n) is 2.29. The van der Waals surface area contributed by atoms with Crippen LogP contribution in [-0.2, 0) is 12.8 Å². The van der Waals surface area contributed by atoms with Crippen molar-refractivity contribution in [3.05, 3.63) is 47.7 Å². The van der Waals surface area contributed by atoms with Crippen molar-refractivity contribution in [3.8, 4) is 0 Å². The summed E-state index contributed by atoms with van der Waals surface area (Å²) in [5.41, 5.74) is 7.79. The van der Waals surface area contributed by atoms with Crippen molar-refractivity contribution < 1.29 is 0 Å². The molecule has 0 unspecified atom stereocenters. The van der Waals surface area contributed by atoms with E-state index < -0.39 is 0 Å². The number of nitrogen functional groups attached to an aromatic ring is 1. The molecule has 0 radical (unpaired) electrons. The van der Waals surface area contributed by atoms with Gasteiger partial charge in [0.25, 0.3) is 0 Å². The predicted octanol–water partition coefficient (Wildman–Crippen LogP) is 1.61. The van der Waals surface area contributed by atoms with E-state index in [1.807, 2.05) is 24.4 Å². The first-order chi connectivity index (χ1) is 7.78. The number of pyridine rings is 1. The van der Waals surface area contributed by atoms with E-state index >= 15 is 0 Å². The monoisotopic (exact) mass is 214 g/mol. The van der Waals surface area contributed by atoms with Gasteiger partial charge in [-0.05, 0) is 18.1 Å². The molecule has 2 N–H and O–H groups in total. The fourth-order valence-electron chi connectivity index (χ4n) is 1.52. The molecule has 82 valence electrons. The van der Waals surface area contributed by atoms with Crippen LogP contribution in [0.25, 0.3) is 0 Å². The third-order valence-corrected chi connectivity index (χ3v) is 2.29. The van der Waals surface area contributed by atoms with Crippen molar-refractivity contribution in [1.29, 1.82) is 0 Å². The average molecular weight is 214 g/mol. The molecule has 0 fully saturated rings. The summed E-state index contributed by atoms with van der Waals surface area (Å²) in [4.78, 5) is 12.7. The molecular formula is C12H14N4. The Kier molecular flexibility index (Phi) is 3.10. The van der Waals surface area contributed by atoms with Gasteiger partial charge >= 0.3 is 0 Å². The molecule has 2 rings (SSSR count). The molecule has 0 bridgehead atoms. The van der Waals surface area contributed by atoms with Crippen LogP contribution in [0.5, 0.6) is 0 Å². The Balaban J connectivity index is 2.24. The summed E-state index contributed by atoms with van der Waals surface area (Å²) in [6, 6.07) is 5.72. The second-order valence-electron chi connectivity index (χ2n) is 3.59. The summed E-state index contributed by atoms with van der Waals surface area (Å²) in [6.45, 7) is 2.05. The van der Waals surface area contributed by atoms with Gasteiger partial charge in [0.15, 0.2) is 0 Å². The Morgan fingerprint density at radius 1 is 1.31 bits per heavy atom. The van der Waals surface area contributed by atoms with Crippen LogP contribution in [0.15, 0.2) is 30.6 Å². The van der Waals surface area contributed by atoms with Crippen LogP contribution in [0.3, 0.4) is 0 Å². The van der Waals surface area contributed by atoms with Crippen LogP contribution in [0.4, 0.5) is 5.82 Å². The van der Waals surface area contributed by atoms with Gasteiger partial charge in [0, 0.05) is 30.6 Å². The summed E-state index contributed by atoms with van der Waals surface area (Å²) in [7, 11) is 0. The van der Waals surface area contributed by atoms with E-state index in [-0.39, 0.29) is 0 Å². The van der Waals surface area contributed by atoms with Crippen LogP contribution in [-0.4, -0.2) is 15.0 Å². The van der Waals surface area contributed by atoms with Gasteiger partial charge in [-0.25, -0.2) is 9.97 Å². The van der Waals surface area contributed by atoms with Crippen LogP contribution in [0.1, 0.15) is 24.0 Å². The van der Waals surface area contributed by atoms with E-state index in [4.69, 9.17) is 5.73 Å². The molecule has 0 aromatic carbocycles. The van der Waals surface area contributed by atoms with E-state index in [1.165, 1.54) is 0 Å². The maximum atomic E-state index is 5.72. The van der Waals surface area contributed by atoms with Gasteiger partial charge in [-0.15, -0.1) is 0 Å². The first-order valence-electron chi connectivity index (χ1n) is 5.29. The number of aromatic nitrogens is 3. The van der Waals surface area contributed by atoms with Gasteiger partial charge in [-0.3, -0.25) is 4.98 Å². The number of hydrogen-bond acceptors (Lipinski definition) is 4. The van der Waals surface area contributed by atoms with Crippen molar-refractivity contribution in [2.75, 3.05) is 5.73 Å². The van der Waals surface area contributed by atoms with Gasteiger partial charge in [-0.1, -0.05) is 13.0 Å². The lowest BCUT2D eigenvalue weighted by Gasteiger charge is -2.04. The van der Waals surface area contributed by atoms with Crippen molar-refractivity contribution >= 4 is 5.82 Å². The molecule has 4 heteroatoms. The highest BCUT2D eigenvalue weighted by atomic mass is 14.9. The minimum absolute atomic E-state index is 0.533. The molecule has 0 atom stereocenters. The zero-order valence-electron chi connectivity index (χ0n) is 9.22. The smallest absolute Gasteiger partial charge is 0.135 e. The van der Waals surface area contributed by atoms with Crippen LogP contribution in [0.2, 0.25) is 0 Å². The Bertz CT molecular complexity index is 468. The number of anilines is 1. The van der Waals surface area contributed by atoms with Crippen molar-refractivity contribution in [1.82, 2.24) is 15.0 Å². The molecule has 0 spiro atoms. The number of aryl methyl sites for hydroxylation is 1. The molecule has 2 aromatic heterocycles. The summed E-state index contributed by atoms with van der Waals surface area (Å²) < 4.78 is 0. The first-order valence-corrected chi connectivity index (χ1v) is 5.29. The Morgan fingerprint density at radius 2 is 2.19 bits per heavy atom. The van der Waals surface area contributed by atoms with Crippen LogP contribution < -0.4 is 5.73 Å². The zero-order valence-corrected chi connectivity index (χ0v) is 9.22. The highest BCUT2D eigenvalue weighted by molar-refractivity contribution is 5.31. The standard InChI is InChI=1S/C12H14N4/c1-2-10-7-11(13)16-12(15-10)6-9-4-3-5-14-8-9/h3-5,7-8H,2,6H2,1H3,(H2,13,15,16). The molecule has 2 heterocycles. The predicted molar refractivity (Wildman–Crippen MR) is 62.9 cm³/mol. The van der Waals surface area contributed by atoms with Gasteiger partial charge in [0.2, 0.25) is 0 Å². The minimum atomic E-state index is 0.533. The van der Waals surface area contributed by atoms with Gasteiger partial charge < -0.3 is 5.73 Å². The topological polar surface area (TPSA) is 64.7 Å². The molecule has 0 aliphatic carbocycles. The summed E-state index contributed by atoms with van der Waals surface area (Å²) >= 11 is 0. The Labute approximate surface area is 94.6 Å². The summed E-state index contributed by atoms with van der Waals surface area (Å²) in [5.74, 6) is 1.29. The third kappa shape index (κ3) is 2.53. The SMILES string of the molecule is CCc1cc(N)nc(Cc2cccnc2)n1. The quantitative estimate of drug-likeness (QED) is 0.843. The lowest BCUT2D eigenvalue weighted by atomic mass is 10.2. The fraction of sp³-hybridized carbons (Fsp3) is 0.250. The molecule has 0 aliphatic rings. The number of nitrogens with zero attached hydrogens (tertiary/aromatic N) is 3. The lowest BCUT2D eigenvalue weighted by Crippen LogP contribution is -2.03. The molecule has 2 aromatic rings. The van der Waals surface area contributed by atoms with Crippen molar-refractivity contribution in [2.45, 2.75) is 19.8 Å². The minimum Gasteiger partial charge on any atom is -0.384 e.